The Kier molecular flexibility index (Phi) is 6.80. The van der Waals surface area contributed by atoms with E-state index in [4.69, 9.17) is 20.8 Å². The zero-order valence-electron chi connectivity index (χ0n) is 20.5. The van der Waals surface area contributed by atoms with E-state index in [-0.39, 0.29) is 28.2 Å². The summed E-state index contributed by atoms with van der Waals surface area (Å²) in [7, 11) is 0. The number of aromatic nitrogens is 1. The maximum absolute atomic E-state index is 13.9. The first-order valence-electron chi connectivity index (χ1n) is 12.3. The second kappa shape index (κ2) is 10.4. The van der Waals surface area contributed by atoms with Gasteiger partial charge in [-0.05, 0) is 54.1 Å². The second-order valence-corrected chi connectivity index (χ2v) is 10.7. The molecule has 1 aliphatic rings. The van der Waals surface area contributed by atoms with Crippen molar-refractivity contribution in [3.8, 4) is 5.75 Å². The highest BCUT2D eigenvalue weighted by molar-refractivity contribution is 7.99. The van der Waals surface area contributed by atoms with Crippen LogP contribution in [0.4, 0.5) is 10.1 Å². The number of nitrogens with zero attached hydrogens (tertiary/aromatic N) is 2. The Morgan fingerprint density at radius 1 is 1.00 bits per heavy atom. The highest BCUT2D eigenvalue weighted by Crippen LogP contribution is 2.38. The standard InChI is InChI=1S/C29H22ClFN2O5S/c30-18-2-1-3-21(14-18)39-27-25(34)24-26(38-29(27)36)22-15-20(32-10-12-37-13-11-32)8-9-23(22)33(28(24)35)16-17-4-6-19(31)7-5-17/h1-9,14-15,34H,10-13,16H2. The van der Waals surface area contributed by atoms with Gasteiger partial charge in [0.1, 0.15) is 16.1 Å². The van der Waals surface area contributed by atoms with Crippen molar-refractivity contribution in [1.29, 1.82) is 0 Å². The van der Waals surface area contributed by atoms with E-state index in [1.54, 1.807) is 42.5 Å². The third kappa shape index (κ3) is 4.89. The van der Waals surface area contributed by atoms with Crippen molar-refractivity contribution < 1.29 is 18.7 Å². The first-order chi connectivity index (χ1) is 18.9. The second-order valence-electron chi connectivity index (χ2n) is 9.15. The Bertz CT molecular complexity index is 1830. The molecule has 0 spiro atoms. The van der Waals surface area contributed by atoms with E-state index in [0.717, 1.165) is 17.4 Å². The van der Waals surface area contributed by atoms with E-state index in [1.807, 2.05) is 12.1 Å². The monoisotopic (exact) mass is 564 g/mol. The molecule has 3 heterocycles. The molecule has 198 valence electrons. The summed E-state index contributed by atoms with van der Waals surface area (Å²) in [6.45, 7) is 2.67. The van der Waals surface area contributed by atoms with Gasteiger partial charge in [0.15, 0.2) is 11.3 Å². The van der Waals surface area contributed by atoms with Gasteiger partial charge in [0, 0.05) is 34.1 Å². The van der Waals surface area contributed by atoms with Crippen LogP contribution in [0.5, 0.6) is 5.75 Å². The first-order valence-corrected chi connectivity index (χ1v) is 13.5. The van der Waals surface area contributed by atoms with Crippen LogP contribution in [0.15, 0.2) is 90.5 Å². The fraction of sp³-hybridized carbons (Fsp3) is 0.172. The van der Waals surface area contributed by atoms with Crippen LogP contribution in [0.3, 0.4) is 0 Å². The van der Waals surface area contributed by atoms with Gasteiger partial charge in [-0.25, -0.2) is 9.18 Å². The molecule has 5 aromatic rings. The van der Waals surface area contributed by atoms with E-state index in [0.29, 0.717) is 52.7 Å². The highest BCUT2D eigenvalue weighted by Gasteiger charge is 2.23. The minimum absolute atomic E-state index is 0.0124. The normalized spacial score (nSPS) is 13.8. The van der Waals surface area contributed by atoms with Gasteiger partial charge < -0.3 is 23.7 Å². The van der Waals surface area contributed by atoms with Gasteiger partial charge in [-0.1, -0.05) is 41.6 Å². The molecule has 0 saturated carbocycles. The summed E-state index contributed by atoms with van der Waals surface area (Å²) < 4.78 is 26.3. The number of halogens is 2. The molecule has 1 fully saturated rings. The van der Waals surface area contributed by atoms with Crippen molar-refractivity contribution >= 4 is 50.9 Å². The van der Waals surface area contributed by atoms with Crippen LogP contribution < -0.4 is 16.1 Å². The van der Waals surface area contributed by atoms with Gasteiger partial charge in [-0.3, -0.25) is 4.79 Å². The topological polar surface area (TPSA) is 84.9 Å². The number of pyridine rings is 1. The molecular weight excluding hydrogens is 543 g/mol. The first kappa shape index (κ1) is 25.5. The molecule has 2 aromatic heterocycles. The van der Waals surface area contributed by atoms with Gasteiger partial charge in [0.25, 0.3) is 5.56 Å². The smallest absolute Gasteiger partial charge is 0.354 e. The molecule has 3 aromatic carbocycles. The summed E-state index contributed by atoms with van der Waals surface area (Å²) in [5.74, 6) is -0.838. The predicted octanol–water partition coefficient (Wildman–Crippen LogP) is 5.64. The molecule has 6 rings (SSSR count). The minimum atomic E-state index is -0.765. The quantitative estimate of drug-likeness (QED) is 0.276. The molecule has 0 amide bonds. The molecule has 1 N–H and O–H groups in total. The summed E-state index contributed by atoms with van der Waals surface area (Å²) >= 11 is 7.07. The van der Waals surface area contributed by atoms with Crippen LogP contribution in [-0.4, -0.2) is 36.0 Å². The molecule has 10 heteroatoms. The van der Waals surface area contributed by atoms with Gasteiger partial charge in [-0.2, -0.15) is 0 Å². The average molecular weight is 565 g/mol. The van der Waals surface area contributed by atoms with E-state index in [9.17, 15) is 19.1 Å². The lowest BCUT2D eigenvalue weighted by Crippen LogP contribution is -2.36. The maximum atomic E-state index is 13.9. The van der Waals surface area contributed by atoms with Crippen LogP contribution in [0.1, 0.15) is 5.56 Å². The van der Waals surface area contributed by atoms with Gasteiger partial charge in [-0.15, -0.1) is 0 Å². The number of morpholine rings is 1. The molecule has 0 radical (unpaired) electrons. The summed E-state index contributed by atoms with van der Waals surface area (Å²) in [4.78, 5) is 29.7. The third-order valence-corrected chi connectivity index (χ3v) is 7.97. The Morgan fingerprint density at radius 2 is 1.77 bits per heavy atom. The van der Waals surface area contributed by atoms with Crippen LogP contribution in [0.2, 0.25) is 5.02 Å². The third-order valence-electron chi connectivity index (χ3n) is 6.68. The van der Waals surface area contributed by atoms with Crippen molar-refractivity contribution in [2.24, 2.45) is 0 Å². The lowest BCUT2D eigenvalue weighted by atomic mass is 10.1. The molecule has 39 heavy (non-hydrogen) atoms. The van der Waals surface area contributed by atoms with Crippen LogP contribution in [0, 0.1) is 5.82 Å². The highest BCUT2D eigenvalue weighted by atomic mass is 35.5. The molecule has 1 aliphatic heterocycles. The SMILES string of the molecule is O=c1oc2c(c(O)c1Sc1cccc(Cl)c1)c(=O)n(Cc1ccc(F)cc1)c1ccc(N3CCOCC3)cc21. The minimum Gasteiger partial charge on any atom is -0.505 e. The Balaban J connectivity index is 1.60. The van der Waals surface area contributed by atoms with Gasteiger partial charge in [0.2, 0.25) is 0 Å². The number of hydrogen-bond donors (Lipinski definition) is 1. The van der Waals surface area contributed by atoms with Crippen molar-refractivity contribution in [1.82, 2.24) is 4.57 Å². The fourth-order valence-electron chi connectivity index (χ4n) is 4.77. The molecule has 0 atom stereocenters. The Hall–Kier alpha value is -3.79. The molecule has 0 unspecified atom stereocenters. The Morgan fingerprint density at radius 3 is 2.51 bits per heavy atom. The van der Waals surface area contributed by atoms with E-state index >= 15 is 0 Å². The zero-order valence-corrected chi connectivity index (χ0v) is 22.1. The number of anilines is 1. The van der Waals surface area contributed by atoms with Gasteiger partial charge >= 0.3 is 5.63 Å². The average Bonchev–Trinajstić information content (AvgIpc) is 2.94. The van der Waals surface area contributed by atoms with Crippen LogP contribution >= 0.6 is 23.4 Å². The molecule has 1 saturated heterocycles. The summed E-state index contributed by atoms with van der Waals surface area (Å²) in [5, 5.41) is 12.2. The van der Waals surface area contributed by atoms with Crippen molar-refractivity contribution in [3.63, 3.8) is 0 Å². The summed E-state index contributed by atoms with van der Waals surface area (Å²) in [6, 6.07) is 18.2. The van der Waals surface area contributed by atoms with E-state index in [1.165, 1.54) is 16.7 Å². The van der Waals surface area contributed by atoms with Crippen LogP contribution in [-0.2, 0) is 11.3 Å². The molecular formula is C29H22ClFN2O5S. The van der Waals surface area contributed by atoms with Gasteiger partial charge in [0.05, 0.1) is 25.3 Å². The van der Waals surface area contributed by atoms with Crippen LogP contribution in [0.25, 0.3) is 21.9 Å². The van der Waals surface area contributed by atoms with Crippen molar-refractivity contribution in [3.05, 3.63) is 104 Å². The maximum Gasteiger partial charge on any atom is 0.354 e. The lowest BCUT2D eigenvalue weighted by Gasteiger charge is -2.29. The summed E-state index contributed by atoms with van der Waals surface area (Å²) in [5.41, 5.74) is 0.805. The molecule has 7 nitrogen and oxygen atoms in total. The largest absolute Gasteiger partial charge is 0.505 e. The van der Waals surface area contributed by atoms with E-state index in [2.05, 4.69) is 4.90 Å². The number of benzene rings is 3. The fourth-order valence-corrected chi connectivity index (χ4v) is 5.91. The number of aromatic hydroxyl groups is 1. The van der Waals surface area contributed by atoms with E-state index < -0.39 is 16.9 Å². The molecule has 0 bridgehead atoms. The van der Waals surface area contributed by atoms with Crippen molar-refractivity contribution in [2.45, 2.75) is 16.3 Å². The zero-order chi connectivity index (χ0) is 27.1. The number of hydrogen-bond acceptors (Lipinski definition) is 7. The predicted molar refractivity (Wildman–Crippen MR) is 150 cm³/mol. The number of fused-ring (bicyclic) bond motifs is 3. The number of ether oxygens (including phenoxy) is 1. The Labute approximate surface area is 231 Å². The summed E-state index contributed by atoms with van der Waals surface area (Å²) in [6.07, 6.45) is 0. The van der Waals surface area contributed by atoms with Crippen molar-refractivity contribution in [2.75, 3.05) is 31.2 Å². The number of rotatable bonds is 5. The molecule has 0 aliphatic carbocycles. The lowest BCUT2D eigenvalue weighted by molar-refractivity contribution is 0.122.